The molecule has 0 N–H and O–H groups in total. The van der Waals surface area contributed by atoms with E-state index < -0.39 is 5.41 Å². The summed E-state index contributed by atoms with van der Waals surface area (Å²) in [6.07, 6.45) is 6.06. The van der Waals surface area contributed by atoms with Gasteiger partial charge in [-0.25, -0.2) is 0 Å². The highest BCUT2D eigenvalue weighted by molar-refractivity contribution is 6.04. The Kier molecular flexibility index (Phi) is 2.54. The summed E-state index contributed by atoms with van der Waals surface area (Å²) in [5, 5.41) is 9.11. The lowest BCUT2D eigenvalue weighted by atomic mass is 9.53. The van der Waals surface area contributed by atoms with Gasteiger partial charge in [-0.05, 0) is 31.1 Å². The van der Waals surface area contributed by atoms with Crippen LogP contribution >= 0.6 is 0 Å². The molecule has 0 saturated carbocycles. The van der Waals surface area contributed by atoms with Crippen molar-refractivity contribution >= 4 is 5.78 Å². The van der Waals surface area contributed by atoms with Crippen LogP contribution < -0.4 is 0 Å². The van der Waals surface area contributed by atoms with Crippen molar-refractivity contribution in [3.63, 3.8) is 0 Å². The molecule has 2 rings (SSSR count). The Bertz CT molecular complexity index is 476. The van der Waals surface area contributed by atoms with E-state index in [0.29, 0.717) is 11.5 Å². The molecule has 0 saturated heterocycles. The van der Waals surface area contributed by atoms with Gasteiger partial charge in [0.2, 0.25) is 0 Å². The molecule has 0 amide bonds. The van der Waals surface area contributed by atoms with Gasteiger partial charge in [-0.15, -0.1) is 0 Å². The van der Waals surface area contributed by atoms with Crippen LogP contribution in [0.3, 0.4) is 0 Å². The number of nitrogens with zero attached hydrogens (tertiary/aromatic N) is 1. The molecule has 2 nitrogen and oxygen atoms in total. The number of nitriles is 1. The molecule has 0 unspecified atom stereocenters. The number of fused-ring (bicyclic) bond motifs is 1. The van der Waals surface area contributed by atoms with Crippen LogP contribution in [0.5, 0.6) is 0 Å². The predicted molar refractivity (Wildman–Crippen MR) is 67.1 cm³/mol. The largest absolute Gasteiger partial charge is 0.293 e. The van der Waals surface area contributed by atoms with Gasteiger partial charge >= 0.3 is 0 Å². The quantitative estimate of drug-likeness (QED) is 0.597. The van der Waals surface area contributed by atoms with Crippen LogP contribution in [0.1, 0.15) is 40.5 Å². The molecule has 0 spiro atoms. The summed E-state index contributed by atoms with van der Waals surface area (Å²) in [7, 11) is 0. The molecule has 0 aliphatic heterocycles. The lowest BCUT2D eigenvalue weighted by Gasteiger charge is -2.49. The second-order valence-electron chi connectivity index (χ2n) is 6.24. The normalized spacial score (nSPS) is 35.5. The number of hydrogen-bond donors (Lipinski definition) is 0. The lowest BCUT2D eigenvalue weighted by molar-refractivity contribution is -0.129. The van der Waals surface area contributed by atoms with Crippen LogP contribution in [-0.4, -0.2) is 5.78 Å². The van der Waals surface area contributed by atoms with Gasteiger partial charge in [-0.2, -0.15) is 5.26 Å². The monoisotopic (exact) mass is 229 g/mol. The minimum Gasteiger partial charge on any atom is -0.293 e. The van der Waals surface area contributed by atoms with E-state index in [1.54, 1.807) is 0 Å². The minimum atomic E-state index is -0.425. The van der Waals surface area contributed by atoms with E-state index in [1.165, 1.54) is 5.57 Å². The molecule has 0 aromatic rings. The van der Waals surface area contributed by atoms with Crippen LogP contribution in [0.4, 0.5) is 0 Å². The number of rotatable bonds is 0. The topological polar surface area (TPSA) is 40.9 Å². The summed E-state index contributed by atoms with van der Waals surface area (Å²) in [5.41, 5.74) is 1.25. The molecule has 17 heavy (non-hydrogen) atoms. The van der Waals surface area contributed by atoms with Crippen molar-refractivity contribution in [3.05, 3.63) is 23.3 Å². The first-order valence-electron chi connectivity index (χ1n) is 6.14. The Labute approximate surface area is 103 Å². The van der Waals surface area contributed by atoms with E-state index in [9.17, 15) is 4.79 Å². The van der Waals surface area contributed by atoms with Gasteiger partial charge in [-0.3, -0.25) is 4.79 Å². The smallest absolute Gasteiger partial charge is 0.178 e. The van der Waals surface area contributed by atoms with Crippen molar-refractivity contribution in [2.45, 2.75) is 40.5 Å². The zero-order valence-corrected chi connectivity index (χ0v) is 11.0. The van der Waals surface area contributed by atoms with E-state index in [-0.39, 0.29) is 11.2 Å². The highest BCUT2D eigenvalue weighted by Crippen LogP contribution is 2.54. The highest BCUT2D eigenvalue weighted by atomic mass is 16.1. The van der Waals surface area contributed by atoms with E-state index in [0.717, 1.165) is 12.8 Å². The molecule has 0 bridgehead atoms. The molecule has 90 valence electrons. The van der Waals surface area contributed by atoms with Crippen molar-refractivity contribution in [1.82, 2.24) is 0 Å². The maximum absolute atomic E-state index is 12.2. The van der Waals surface area contributed by atoms with Crippen molar-refractivity contribution in [1.29, 1.82) is 5.26 Å². The fourth-order valence-corrected chi connectivity index (χ4v) is 3.64. The Hall–Kier alpha value is -1.36. The molecule has 0 aromatic carbocycles. The average molecular weight is 229 g/mol. The molecule has 2 aliphatic rings. The molecule has 0 fully saturated rings. The zero-order chi connectivity index (χ0) is 12.8. The van der Waals surface area contributed by atoms with Crippen molar-refractivity contribution in [2.75, 3.05) is 0 Å². The van der Waals surface area contributed by atoms with E-state index in [4.69, 9.17) is 5.26 Å². The molecule has 0 radical (unpaired) electrons. The van der Waals surface area contributed by atoms with Gasteiger partial charge in [-0.1, -0.05) is 38.5 Å². The average Bonchev–Trinajstić information content (AvgIpc) is 2.23. The summed E-state index contributed by atoms with van der Waals surface area (Å²) < 4.78 is 0. The van der Waals surface area contributed by atoms with Crippen LogP contribution in [0, 0.1) is 28.1 Å². The molecule has 0 heterocycles. The molecule has 2 heteroatoms. The summed E-state index contributed by atoms with van der Waals surface area (Å²) in [6, 6.07) is 2.07. The Morgan fingerprint density at radius 3 is 2.65 bits per heavy atom. The second kappa shape index (κ2) is 3.57. The standard InChI is InChI=1S/C15H19NO/c1-10-5-6-12-14(2,3)13(17)11(9-16)8-15(12,4)7-10/h5,8,12H,6-7H2,1-4H3/t12-,15+/m0/s1. The fraction of sp³-hybridized carbons (Fsp3) is 0.600. The van der Waals surface area contributed by atoms with Crippen LogP contribution in [-0.2, 0) is 4.79 Å². The Morgan fingerprint density at radius 1 is 1.41 bits per heavy atom. The van der Waals surface area contributed by atoms with Gasteiger partial charge in [0.05, 0.1) is 5.57 Å². The van der Waals surface area contributed by atoms with E-state index >= 15 is 0 Å². The third-order valence-electron chi connectivity index (χ3n) is 4.45. The van der Waals surface area contributed by atoms with Crippen molar-refractivity contribution in [3.8, 4) is 6.07 Å². The zero-order valence-electron chi connectivity index (χ0n) is 11.0. The maximum atomic E-state index is 12.2. The number of Topliss-reactive ketones (excluding diaryl/α,β-unsaturated/α-hetero) is 1. The van der Waals surface area contributed by atoms with Crippen LogP contribution in [0.15, 0.2) is 23.3 Å². The fourth-order valence-electron chi connectivity index (χ4n) is 3.64. The third kappa shape index (κ3) is 1.65. The van der Waals surface area contributed by atoms with Gasteiger partial charge in [0.1, 0.15) is 6.07 Å². The van der Waals surface area contributed by atoms with E-state index in [2.05, 4.69) is 26.0 Å². The van der Waals surface area contributed by atoms with Crippen LogP contribution in [0.2, 0.25) is 0 Å². The van der Waals surface area contributed by atoms with Crippen molar-refractivity contribution in [2.24, 2.45) is 16.7 Å². The second-order valence-corrected chi connectivity index (χ2v) is 6.24. The Balaban J connectivity index is 2.58. The number of carbonyl (C=O) groups excluding carboxylic acids is 1. The first kappa shape index (κ1) is 12.1. The maximum Gasteiger partial charge on any atom is 0.178 e. The van der Waals surface area contributed by atoms with Gasteiger partial charge in [0.15, 0.2) is 5.78 Å². The summed E-state index contributed by atoms with van der Waals surface area (Å²) in [4.78, 5) is 12.2. The highest BCUT2D eigenvalue weighted by Gasteiger charge is 2.51. The first-order chi connectivity index (χ1) is 7.81. The lowest BCUT2D eigenvalue weighted by Crippen LogP contribution is -2.47. The molecule has 2 atom stereocenters. The number of carbonyl (C=O) groups is 1. The summed E-state index contributed by atoms with van der Waals surface area (Å²) in [5.74, 6) is 0.318. The first-order valence-corrected chi connectivity index (χ1v) is 6.14. The van der Waals surface area contributed by atoms with Gasteiger partial charge in [0, 0.05) is 5.41 Å². The summed E-state index contributed by atoms with van der Waals surface area (Å²) >= 11 is 0. The molecule has 2 aliphatic carbocycles. The third-order valence-corrected chi connectivity index (χ3v) is 4.45. The number of hydrogen-bond acceptors (Lipinski definition) is 2. The number of allylic oxidation sites excluding steroid dienone is 4. The molecular weight excluding hydrogens is 210 g/mol. The van der Waals surface area contributed by atoms with Crippen molar-refractivity contribution < 1.29 is 4.79 Å². The number of ketones is 1. The summed E-state index contributed by atoms with van der Waals surface area (Å²) in [6.45, 7) is 8.28. The SMILES string of the molecule is CC1=CC[C@H]2C(C)(C)C(=O)C(C#N)=C[C@@]2(C)C1. The van der Waals surface area contributed by atoms with Gasteiger partial charge < -0.3 is 0 Å². The Morgan fingerprint density at radius 2 is 2.06 bits per heavy atom. The minimum absolute atomic E-state index is 0.00966. The molecule has 0 aromatic heterocycles. The predicted octanol–water partition coefficient (Wildman–Crippen LogP) is 3.41. The van der Waals surface area contributed by atoms with Gasteiger partial charge in [0.25, 0.3) is 0 Å². The van der Waals surface area contributed by atoms with E-state index in [1.807, 2.05) is 19.9 Å². The molecular formula is C15H19NO. The van der Waals surface area contributed by atoms with Crippen LogP contribution in [0.25, 0.3) is 0 Å².